The van der Waals surface area contributed by atoms with Crippen molar-refractivity contribution < 1.29 is 9.59 Å². The number of aromatic nitrogens is 2. The molecule has 2 fully saturated rings. The van der Waals surface area contributed by atoms with Crippen molar-refractivity contribution in [2.75, 3.05) is 13.6 Å². The van der Waals surface area contributed by atoms with Crippen LogP contribution in [0.1, 0.15) is 49.4 Å². The van der Waals surface area contributed by atoms with Gasteiger partial charge in [-0.3, -0.25) is 18.7 Å². The Hall–Kier alpha value is -2.57. The molecule has 2 aromatic rings. The van der Waals surface area contributed by atoms with E-state index < -0.39 is 0 Å². The number of fused-ring (bicyclic) bond motifs is 2. The zero-order valence-electron chi connectivity index (χ0n) is 17.1. The standard InChI is InChI=1S/C21H28N4O3/c1-21-11-12-25(17(21)7-5-6-8-18(26)24(21)4)19(27)14-9-10-15-16(13-14)23(3)20(28)22(15)2/h9-10,13,17H,5-8,11-12H2,1-4H3/t17-,21-/m1/s1. The van der Waals surface area contributed by atoms with Gasteiger partial charge in [0.25, 0.3) is 5.91 Å². The van der Waals surface area contributed by atoms with Crippen molar-refractivity contribution in [1.29, 1.82) is 0 Å². The Morgan fingerprint density at radius 2 is 1.79 bits per heavy atom. The molecule has 0 saturated carbocycles. The molecule has 150 valence electrons. The van der Waals surface area contributed by atoms with Gasteiger partial charge in [-0.25, -0.2) is 4.79 Å². The number of aryl methyl sites for hydroxylation is 2. The van der Waals surface area contributed by atoms with E-state index in [1.54, 1.807) is 29.3 Å². The molecule has 2 atom stereocenters. The predicted octanol–water partition coefficient (Wildman–Crippen LogP) is 1.88. The van der Waals surface area contributed by atoms with Crippen LogP contribution in [0.2, 0.25) is 0 Å². The Balaban J connectivity index is 1.70. The van der Waals surface area contributed by atoms with Crippen molar-refractivity contribution in [3.8, 4) is 0 Å². The third-order valence-corrected chi connectivity index (χ3v) is 6.99. The van der Waals surface area contributed by atoms with E-state index in [0.717, 1.165) is 36.7 Å². The van der Waals surface area contributed by atoms with Crippen LogP contribution >= 0.6 is 0 Å². The summed E-state index contributed by atoms with van der Waals surface area (Å²) in [5.74, 6) is 0.149. The zero-order valence-corrected chi connectivity index (χ0v) is 17.1. The second kappa shape index (κ2) is 6.50. The van der Waals surface area contributed by atoms with Crippen molar-refractivity contribution in [2.24, 2.45) is 14.1 Å². The molecule has 4 rings (SSSR count). The molecule has 1 aromatic heterocycles. The molecule has 0 unspecified atom stereocenters. The summed E-state index contributed by atoms with van der Waals surface area (Å²) in [6.45, 7) is 2.75. The summed E-state index contributed by atoms with van der Waals surface area (Å²) in [4.78, 5) is 41.9. The van der Waals surface area contributed by atoms with Crippen molar-refractivity contribution >= 4 is 22.8 Å². The number of carbonyl (C=O) groups excluding carboxylic acids is 2. The van der Waals surface area contributed by atoms with Crippen LogP contribution < -0.4 is 5.69 Å². The van der Waals surface area contributed by atoms with Crippen molar-refractivity contribution in [3.63, 3.8) is 0 Å². The molecule has 7 heteroatoms. The van der Waals surface area contributed by atoms with Crippen LogP contribution in [0.3, 0.4) is 0 Å². The number of hydrogen-bond donors (Lipinski definition) is 0. The molecular weight excluding hydrogens is 356 g/mol. The number of rotatable bonds is 1. The van der Waals surface area contributed by atoms with Gasteiger partial charge in [-0.15, -0.1) is 0 Å². The molecule has 2 aliphatic heterocycles. The van der Waals surface area contributed by atoms with Gasteiger partial charge < -0.3 is 9.80 Å². The molecule has 2 amide bonds. The van der Waals surface area contributed by atoms with Gasteiger partial charge in [0.15, 0.2) is 0 Å². The highest BCUT2D eigenvalue weighted by atomic mass is 16.2. The molecular formula is C21H28N4O3. The van der Waals surface area contributed by atoms with Crippen LogP contribution in [0.4, 0.5) is 0 Å². The van der Waals surface area contributed by atoms with E-state index in [9.17, 15) is 14.4 Å². The SMILES string of the molecule is CN1C(=O)CCCC[C@H]2N(C(=O)c3ccc4c(c3)n(C)c(=O)n4C)CC[C@]21C. The maximum absolute atomic E-state index is 13.4. The van der Waals surface area contributed by atoms with Crippen LogP contribution in [-0.4, -0.2) is 55.9 Å². The van der Waals surface area contributed by atoms with E-state index in [-0.39, 0.29) is 29.1 Å². The lowest BCUT2D eigenvalue weighted by Crippen LogP contribution is -2.56. The minimum Gasteiger partial charge on any atom is -0.338 e. The van der Waals surface area contributed by atoms with Gasteiger partial charge in [0, 0.05) is 39.7 Å². The van der Waals surface area contributed by atoms with Gasteiger partial charge >= 0.3 is 5.69 Å². The number of benzene rings is 1. The van der Waals surface area contributed by atoms with Crippen molar-refractivity contribution in [2.45, 2.75) is 50.6 Å². The lowest BCUT2D eigenvalue weighted by molar-refractivity contribution is -0.137. The minimum atomic E-state index is -0.323. The summed E-state index contributed by atoms with van der Waals surface area (Å²) in [6, 6.07) is 5.47. The van der Waals surface area contributed by atoms with Crippen LogP contribution in [0.15, 0.2) is 23.0 Å². The van der Waals surface area contributed by atoms with Crippen LogP contribution in [0.5, 0.6) is 0 Å². The number of likely N-dealkylation sites (N-methyl/N-ethyl adjacent to an activating group) is 1. The first-order valence-corrected chi connectivity index (χ1v) is 9.99. The molecule has 0 spiro atoms. The number of likely N-dealkylation sites (tertiary alicyclic amines) is 2. The summed E-state index contributed by atoms with van der Waals surface area (Å²) in [6.07, 6.45) is 4.11. The zero-order chi connectivity index (χ0) is 20.2. The third kappa shape index (κ3) is 2.59. The largest absolute Gasteiger partial charge is 0.338 e. The molecule has 2 aliphatic rings. The minimum absolute atomic E-state index is 0.0181. The molecule has 0 aliphatic carbocycles. The number of nitrogens with zero attached hydrogens (tertiary/aromatic N) is 4. The highest BCUT2D eigenvalue weighted by Gasteiger charge is 2.50. The summed E-state index contributed by atoms with van der Waals surface area (Å²) < 4.78 is 3.16. The second-order valence-electron chi connectivity index (χ2n) is 8.42. The highest BCUT2D eigenvalue weighted by molar-refractivity contribution is 5.98. The van der Waals surface area contributed by atoms with E-state index in [4.69, 9.17) is 0 Å². The van der Waals surface area contributed by atoms with Crippen LogP contribution in [-0.2, 0) is 18.9 Å². The van der Waals surface area contributed by atoms with Gasteiger partial charge in [0.1, 0.15) is 0 Å². The first-order chi connectivity index (χ1) is 13.3. The molecule has 28 heavy (non-hydrogen) atoms. The van der Waals surface area contributed by atoms with E-state index in [2.05, 4.69) is 6.92 Å². The average Bonchev–Trinajstić information content (AvgIpc) is 3.13. The van der Waals surface area contributed by atoms with Crippen LogP contribution in [0.25, 0.3) is 11.0 Å². The monoisotopic (exact) mass is 384 g/mol. The van der Waals surface area contributed by atoms with Gasteiger partial charge in [-0.1, -0.05) is 6.42 Å². The maximum Gasteiger partial charge on any atom is 0.328 e. The second-order valence-corrected chi connectivity index (χ2v) is 8.42. The molecule has 0 N–H and O–H groups in total. The first-order valence-electron chi connectivity index (χ1n) is 9.99. The number of carbonyl (C=O) groups is 2. The maximum atomic E-state index is 13.4. The predicted molar refractivity (Wildman–Crippen MR) is 107 cm³/mol. The van der Waals surface area contributed by atoms with Crippen molar-refractivity contribution in [1.82, 2.24) is 18.9 Å². The fraction of sp³-hybridized carbons (Fsp3) is 0.571. The Morgan fingerprint density at radius 3 is 2.54 bits per heavy atom. The summed E-state index contributed by atoms with van der Waals surface area (Å²) in [7, 11) is 5.33. The van der Waals surface area contributed by atoms with E-state index >= 15 is 0 Å². The lowest BCUT2D eigenvalue weighted by atomic mass is 9.85. The lowest BCUT2D eigenvalue weighted by Gasteiger charge is -2.43. The van der Waals surface area contributed by atoms with Gasteiger partial charge in [0.05, 0.1) is 22.6 Å². The first kappa shape index (κ1) is 18.8. The summed E-state index contributed by atoms with van der Waals surface area (Å²) >= 11 is 0. The molecule has 7 nitrogen and oxygen atoms in total. The van der Waals surface area contributed by atoms with Gasteiger partial charge in [0.2, 0.25) is 5.91 Å². The van der Waals surface area contributed by atoms with E-state index in [0.29, 0.717) is 18.5 Å². The van der Waals surface area contributed by atoms with Crippen molar-refractivity contribution in [3.05, 3.63) is 34.2 Å². The molecule has 3 heterocycles. The normalized spacial score (nSPS) is 25.7. The number of hydrogen-bond acceptors (Lipinski definition) is 3. The molecule has 0 radical (unpaired) electrons. The number of amides is 2. The topological polar surface area (TPSA) is 67.6 Å². The molecule has 2 saturated heterocycles. The molecule has 0 bridgehead atoms. The Morgan fingerprint density at radius 1 is 1.07 bits per heavy atom. The summed E-state index contributed by atoms with van der Waals surface area (Å²) in [5, 5.41) is 0. The molecule has 1 aromatic carbocycles. The number of imidazole rings is 1. The average molecular weight is 384 g/mol. The van der Waals surface area contributed by atoms with E-state index in [1.807, 2.05) is 29.0 Å². The fourth-order valence-corrected chi connectivity index (χ4v) is 4.98. The highest BCUT2D eigenvalue weighted by Crippen LogP contribution is 2.39. The fourth-order valence-electron chi connectivity index (χ4n) is 4.98. The van der Waals surface area contributed by atoms with Gasteiger partial charge in [-0.05, 0) is 44.4 Å². The van der Waals surface area contributed by atoms with Crippen LogP contribution in [0, 0.1) is 0 Å². The Labute approximate surface area is 164 Å². The van der Waals surface area contributed by atoms with E-state index in [1.165, 1.54) is 0 Å². The third-order valence-electron chi connectivity index (χ3n) is 6.99. The quantitative estimate of drug-likeness (QED) is 0.754. The smallest absolute Gasteiger partial charge is 0.328 e. The Bertz CT molecular complexity index is 1020. The Kier molecular flexibility index (Phi) is 4.36. The van der Waals surface area contributed by atoms with Gasteiger partial charge in [-0.2, -0.15) is 0 Å². The summed E-state index contributed by atoms with van der Waals surface area (Å²) in [5.41, 5.74) is 1.73.